The van der Waals surface area contributed by atoms with Crippen LogP contribution >= 0.6 is 15.9 Å². The number of nitrogens with zero attached hydrogens (tertiary/aromatic N) is 2. The van der Waals surface area contributed by atoms with Crippen LogP contribution in [-0.4, -0.2) is 26.6 Å². The summed E-state index contributed by atoms with van der Waals surface area (Å²) in [6, 6.07) is 14.7. The van der Waals surface area contributed by atoms with Crippen molar-refractivity contribution >= 4 is 39.1 Å². The van der Waals surface area contributed by atoms with E-state index in [1.54, 1.807) is 36.4 Å². The Hall–Kier alpha value is -3.72. The highest BCUT2D eigenvalue weighted by Gasteiger charge is 2.46. The Labute approximate surface area is 184 Å². The molecular formula is C22H15BrN2O6. The quantitative estimate of drug-likeness (QED) is 0.187. The van der Waals surface area contributed by atoms with Gasteiger partial charge in [-0.15, -0.1) is 0 Å². The van der Waals surface area contributed by atoms with Crippen LogP contribution in [0.1, 0.15) is 22.9 Å². The number of likely N-dealkylation sites (tertiary alicyclic amines) is 1. The first-order valence-electron chi connectivity index (χ1n) is 9.18. The number of hydrogen-bond donors (Lipinski definition) is 1. The molecule has 31 heavy (non-hydrogen) atoms. The van der Waals surface area contributed by atoms with Crippen molar-refractivity contribution in [2.24, 2.45) is 0 Å². The van der Waals surface area contributed by atoms with E-state index in [-0.39, 0.29) is 23.4 Å². The molecule has 0 aliphatic carbocycles. The third-order valence-electron chi connectivity index (χ3n) is 4.96. The van der Waals surface area contributed by atoms with E-state index < -0.39 is 28.4 Å². The number of rotatable bonds is 5. The predicted molar refractivity (Wildman–Crippen MR) is 114 cm³/mol. The maximum absolute atomic E-state index is 12.9. The second-order valence-corrected chi connectivity index (χ2v) is 7.78. The van der Waals surface area contributed by atoms with Gasteiger partial charge in [0.1, 0.15) is 11.5 Å². The molecule has 1 amide bonds. The standard InChI is InChI=1S/C22H15BrN2O6/c23-15-8-6-13(7-9-15)19-18(20(26)14-3-1-4-16(11-14)25(29)30)21(27)22(28)24(19)12-17-5-2-10-31-17/h1-11,19,26H,12H2. The van der Waals surface area contributed by atoms with Crippen LogP contribution in [0.4, 0.5) is 5.69 Å². The SMILES string of the molecule is O=C1C(=O)N(Cc2ccco2)C(c2ccc(Br)cc2)C1=C(O)c1cccc([N+](=O)[O-])c1. The lowest BCUT2D eigenvalue weighted by atomic mass is 9.95. The number of non-ortho nitro benzene ring substituents is 1. The van der Waals surface area contributed by atoms with Gasteiger partial charge in [-0.3, -0.25) is 19.7 Å². The number of Topliss-reactive ketones (excluding diaryl/α,β-unsaturated/α-hetero) is 1. The molecule has 0 spiro atoms. The number of aliphatic hydroxyl groups is 1. The van der Waals surface area contributed by atoms with E-state index in [4.69, 9.17) is 4.42 Å². The first-order chi connectivity index (χ1) is 14.9. The zero-order valence-electron chi connectivity index (χ0n) is 15.9. The maximum atomic E-state index is 12.9. The van der Waals surface area contributed by atoms with E-state index in [0.717, 1.165) is 10.5 Å². The smallest absolute Gasteiger partial charge is 0.296 e. The van der Waals surface area contributed by atoms with Gasteiger partial charge < -0.3 is 14.4 Å². The average molecular weight is 483 g/mol. The van der Waals surface area contributed by atoms with Crippen LogP contribution in [0, 0.1) is 10.1 Å². The van der Waals surface area contributed by atoms with Crippen molar-refractivity contribution in [3.63, 3.8) is 0 Å². The first-order valence-corrected chi connectivity index (χ1v) is 9.97. The number of carbonyl (C=O) groups excluding carboxylic acids is 2. The highest BCUT2D eigenvalue weighted by atomic mass is 79.9. The summed E-state index contributed by atoms with van der Waals surface area (Å²) in [5.74, 6) is -1.67. The van der Waals surface area contributed by atoms with Crippen LogP contribution in [0.25, 0.3) is 5.76 Å². The van der Waals surface area contributed by atoms with E-state index in [1.165, 1.54) is 29.4 Å². The van der Waals surface area contributed by atoms with E-state index in [2.05, 4.69) is 15.9 Å². The molecular weight excluding hydrogens is 468 g/mol. The van der Waals surface area contributed by atoms with Crippen molar-refractivity contribution in [2.45, 2.75) is 12.6 Å². The Morgan fingerprint density at radius 1 is 1.13 bits per heavy atom. The van der Waals surface area contributed by atoms with E-state index in [1.807, 2.05) is 0 Å². The third-order valence-corrected chi connectivity index (χ3v) is 5.49. The number of ketones is 1. The number of nitro benzene ring substituents is 1. The van der Waals surface area contributed by atoms with E-state index in [9.17, 15) is 24.8 Å². The largest absolute Gasteiger partial charge is 0.507 e. The van der Waals surface area contributed by atoms with Gasteiger partial charge in [-0.1, -0.05) is 40.2 Å². The summed E-state index contributed by atoms with van der Waals surface area (Å²) in [4.78, 5) is 37.7. The summed E-state index contributed by atoms with van der Waals surface area (Å²) in [5, 5.41) is 22.1. The number of carbonyl (C=O) groups is 2. The monoisotopic (exact) mass is 482 g/mol. The molecule has 3 aromatic rings. The van der Waals surface area contributed by atoms with Gasteiger partial charge in [0.25, 0.3) is 17.4 Å². The fourth-order valence-electron chi connectivity index (χ4n) is 3.53. The highest BCUT2D eigenvalue weighted by molar-refractivity contribution is 9.10. The Bertz CT molecular complexity index is 1200. The number of benzene rings is 2. The summed E-state index contributed by atoms with van der Waals surface area (Å²) in [6.07, 6.45) is 1.46. The molecule has 1 saturated heterocycles. The van der Waals surface area contributed by atoms with Gasteiger partial charge in [0.2, 0.25) is 0 Å². The van der Waals surface area contributed by atoms with Crippen LogP contribution in [0.5, 0.6) is 0 Å². The molecule has 1 N–H and O–H groups in total. The molecule has 0 saturated carbocycles. The molecule has 2 heterocycles. The van der Waals surface area contributed by atoms with Gasteiger partial charge in [0.15, 0.2) is 0 Å². The summed E-state index contributed by atoms with van der Waals surface area (Å²) in [6.45, 7) is 0.0179. The molecule has 0 bridgehead atoms. The number of hydrogen-bond acceptors (Lipinski definition) is 6. The summed E-state index contributed by atoms with van der Waals surface area (Å²) in [7, 11) is 0. The summed E-state index contributed by atoms with van der Waals surface area (Å²) in [5.41, 5.74) is 0.293. The molecule has 1 aliphatic heterocycles. The van der Waals surface area contributed by atoms with Gasteiger partial charge in [-0.05, 0) is 29.8 Å². The minimum absolute atomic E-state index is 0.0179. The fourth-order valence-corrected chi connectivity index (χ4v) is 3.79. The van der Waals surface area contributed by atoms with E-state index in [0.29, 0.717) is 11.3 Å². The van der Waals surface area contributed by atoms with Gasteiger partial charge >= 0.3 is 0 Å². The highest BCUT2D eigenvalue weighted by Crippen LogP contribution is 2.40. The average Bonchev–Trinajstić information content (AvgIpc) is 3.36. The van der Waals surface area contributed by atoms with Gasteiger partial charge in [0, 0.05) is 22.2 Å². The van der Waals surface area contributed by atoms with Crippen molar-refractivity contribution in [1.29, 1.82) is 0 Å². The van der Waals surface area contributed by atoms with Crippen molar-refractivity contribution < 1.29 is 24.0 Å². The normalized spacial score (nSPS) is 17.8. The summed E-state index contributed by atoms with van der Waals surface area (Å²) >= 11 is 3.36. The minimum Gasteiger partial charge on any atom is -0.507 e. The molecule has 2 aromatic carbocycles. The van der Waals surface area contributed by atoms with Gasteiger partial charge in [0.05, 0.1) is 29.3 Å². The maximum Gasteiger partial charge on any atom is 0.296 e. The van der Waals surface area contributed by atoms with Crippen molar-refractivity contribution in [2.75, 3.05) is 0 Å². The van der Waals surface area contributed by atoms with E-state index >= 15 is 0 Å². The van der Waals surface area contributed by atoms with Crippen molar-refractivity contribution in [3.05, 3.63) is 104 Å². The van der Waals surface area contributed by atoms with Crippen LogP contribution in [0.2, 0.25) is 0 Å². The molecule has 1 fully saturated rings. The minimum atomic E-state index is -0.891. The third kappa shape index (κ3) is 3.87. The first kappa shape index (κ1) is 20.5. The Kier molecular flexibility index (Phi) is 5.43. The van der Waals surface area contributed by atoms with Crippen molar-refractivity contribution in [1.82, 2.24) is 4.90 Å². The molecule has 1 atom stereocenters. The van der Waals surface area contributed by atoms with Crippen LogP contribution in [0.15, 0.2) is 81.4 Å². The lowest BCUT2D eigenvalue weighted by Gasteiger charge is -2.24. The molecule has 1 aromatic heterocycles. The lowest BCUT2D eigenvalue weighted by molar-refractivity contribution is -0.384. The molecule has 4 rings (SSSR count). The second kappa shape index (κ2) is 8.19. The predicted octanol–water partition coefficient (Wildman–Crippen LogP) is 4.57. The number of nitro groups is 1. The Balaban J connectivity index is 1.87. The topological polar surface area (TPSA) is 114 Å². The summed E-state index contributed by atoms with van der Waals surface area (Å²) < 4.78 is 6.14. The zero-order valence-corrected chi connectivity index (χ0v) is 17.5. The van der Waals surface area contributed by atoms with Crippen LogP contribution in [0.3, 0.4) is 0 Å². The van der Waals surface area contributed by atoms with Crippen LogP contribution in [-0.2, 0) is 16.1 Å². The van der Waals surface area contributed by atoms with Crippen molar-refractivity contribution in [3.8, 4) is 0 Å². The number of aliphatic hydroxyl groups excluding tert-OH is 1. The molecule has 9 heteroatoms. The number of amides is 1. The zero-order chi connectivity index (χ0) is 22.1. The molecule has 1 unspecified atom stereocenters. The molecule has 156 valence electrons. The number of furan rings is 1. The Morgan fingerprint density at radius 2 is 1.87 bits per heavy atom. The molecule has 0 radical (unpaired) electrons. The molecule has 8 nitrogen and oxygen atoms in total. The second-order valence-electron chi connectivity index (χ2n) is 6.87. The Morgan fingerprint density at radius 3 is 2.52 bits per heavy atom. The van der Waals surface area contributed by atoms with Crippen LogP contribution < -0.4 is 0 Å². The lowest BCUT2D eigenvalue weighted by Crippen LogP contribution is -2.29. The van der Waals surface area contributed by atoms with Gasteiger partial charge in [-0.25, -0.2) is 0 Å². The van der Waals surface area contributed by atoms with Gasteiger partial charge in [-0.2, -0.15) is 0 Å². The number of halogens is 1. The fraction of sp³-hybridized carbons (Fsp3) is 0.0909. The molecule has 1 aliphatic rings.